The first kappa shape index (κ1) is 49.0. The van der Waals surface area contributed by atoms with Gasteiger partial charge in [-0.3, -0.25) is 0 Å². The summed E-state index contributed by atoms with van der Waals surface area (Å²) in [5, 5.41) is 100. The minimum atomic E-state index is -1.85. The van der Waals surface area contributed by atoms with Crippen LogP contribution in [-0.2, 0) is 42.4 Å². The van der Waals surface area contributed by atoms with Crippen molar-refractivity contribution in [2.24, 2.45) is 5.92 Å². The lowest BCUT2D eigenvalue weighted by molar-refractivity contribution is -0.0817. The van der Waals surface area contributed by atoms with Crippen LogP contribution in [-0.4, -0.2) is 136 Å². The molecule has 25 heteroatoms. The van der Waals surface area contributed by atoms with Crippen molar-refractivity contribution < 1.29 is 49.6 Å². The van der Waals surface area contributed by atoms with E-state index >= 15 is 0 Å². The molecule has 3 fully saturated rings. The average molecular weight is 960 g/mol. The molecule has 3 saturated heterocycles. The van der Waals surface area contributed by atoms with Crippen LogP contribution in [0, 0.1) is 39.9 Å². The van der Waals surface area contributed by atoms with Crippen LogP contribution < -0.4 is 17.2 Å². The van der Waals surface area contributed by atoms with Gasteiger partial charge in [0.05, 0.1) is 43.0 Å². The largest absolute Gasteiger partial charge is 0.394 e. The molecule has 0 amide bonds. The number of aliphatic hydroxyl groups excluding tert-OH is 6. The van der Waals surface area contributed by atoms with Crippen LogP contribution in [0.1, 0.15) is 42.9 Å². The Morgan fingerprint density at radius 1 is 0.600 bits per heavy atom. The molecule has 0 saturated carbocycles. The molecular formula is C45H49N15O10. The Kier molecular flexibility index (Phi) is 13.7. The molecule has 0 aliphatic carbocycles. The molecule has 12 atom stereocenters. The minimum absolute atomic E-state index is 0.0399. The molecule has 6 aromatic heterocycles. The molecule has 7 aromatic rings. The number of rotatable bonds is 9. The Morgan fingerprint density at radius 3 is 1.34 bits per heavy atom. The maximum Gasteiger partial charge on any atom is 0.225 e. The third-order valence-electron chi connectivity index (χ3n) is 12.8. The van der Waals surface area contributed by atoms with Crippen LogP contribution in [0.15, 0.2) is 85.7 Å². The number of ether oxygens (including phenoxy) is 4. The van der Waals surface area contributed by atoms with Gasteiger partial charge in [-0.2, -0.15) is 31.1 Å². The van der Waals surface area contributed by atoms with E-state index in [0.29, 0.717) is 34.7 Å². The predicted molar refractivity (Wildman–Crippen MR) is 241 cm³/mol. The lowest BCUT2D eigenvalue weighted by atomic mass is 9.87. The van der Waals surface area contributed by atoms with E-state index in [1.807, 2.05) is 54.6 Å². The summed E-state index contributed by atoms with van der Waals surface area (Å²) in [6.45, 7) is 3.48. The Morgan fingerprint density at radius 2 is 0.986 bits per heavy atom. The SMILES string of the molecule is CC[C@H]1OC(C#N)(c2ccc3c(N)ncnn23)[C@H](OCc2ccccc2)[C@@H]1C.N#C[C@@]1(c2ccc3c(N)ncnn23)O[C@H](CO)[C@@H](O)[C@H]1O.N#C[C@@]1(c2ccc3c(N)ncnn23)O[C@H](CO)[C@@H](O)[C@H]1O. The van der Waals surface area contributed by atoms with Gasteiger partial charge in [-0.05, 0) is 48.4 Å². The van der Waals surface area contributed by atoms with Crippen molar-refractivity contribution in [2.75, 3.05) is 30.4 Å². The van der Waals surface area contributed by atoms with Crippen molar-refractivity contribution in [3.8, 4) is 18.2 Å². The lowest BCUT2D eigenvalue weighted by Gasteiger charge is -2.28. The second-order valence-electron chi connectivity index (χ2n) is 16.7. The third kappa shape index (κ3) is 7.93. The number of nitriles is 3. The number of nitrogens with two attached hydrogens (primary N) is 3. The van der Waals surface area contributed by atoms with Crippen molar-refractivity contribution in [1.82, 2.24) is 43.8 Å². The number of fused-ring (bicyclic) bond motifs is 3. The van der Waals surface area contributed by atoms with Gasteiger partial charge in [0, 0.05) is 5.92 Å². The third-order valence-corrected chi connectivity index (χ3v) is 12.8. The van der Waals surface area contributed by atoms with E-state index in [0.717, 1.165) is 12.0 Å². The first-order valence-electron chi connectivity index (χ1n) is 21.8. The highest BCUT2D eigenvalue weighted by molar-refractivity contribution is 5.67. The Balaban J connectivity index is 0.000000143. The summed E-state index contributed by atoms with van der Waals surface area (Å²) in [5.41, 5.74) is 16.1. The number of aromatic nitrogens is 9. The number of anilines is 3. The molecule has 0 radical (unpaired) electrons. The zero-order chi connectivity index (χ0) is 50.1. The van der Waals surface area contributed by atoms with E-state index in [4.69, 9.17) is 36.1 Å². The molecule has 12 N–H and O–H groups in total. The fourth-order valence-corrected chi connectivity index (χ4v) is 9.18. The average Bonchev–Trinajstić information content (AvgIpc) is 4.24. The highest BCUT2D eigenvalue weighted by Crippen LogP contribution is 2.46. The van der Waals surface area contributed by atoms with Gasteiger partial charge in [0.2, 0.25) is 16.8 Å². The van der Waals surface area contributed by atoms with Gasteiger partial charge < -0.3 is 66.8 Å². The molecule has 1 unspecified atom stereocenters. The zero-order valence-electron chi connectivity index (χ0n) is 37.5. The Labute approximate surface area is 397 Å². The summed E-state index contributed by atoms with van der Waals surface area (Å²) < 4.78 is 27.8. The van der Waals surface area contributed by atoms with Gasteiger partial charge in [-0.15, -0.1) is 0 Å². The van der Waals surface area contributed by atoms with Gasteiger partial charge >= 0.3 is 0 Å². The fourth-order valence-electron chi connectivity index (χ4n) is 9.18. The van der Waals surface area contributed by atoms with E-state index in [1.54, 1.807) is 16.6 Å². The molecule has 70 heavy (non-hydrogen) atoms. The lowest BCUT2D eigenvalue weighted by Crippen LogP contribution is -2.40. The van der Waals surface area contributed by atoms with E-state index in [9.17, 15) is 46.4 Å². The first-order valence-corrected chi connectivity index (χ1v) is 21.8. The molecule has 1 aromatic carbocycles. The van der Waals surface area contributed by atoms with Gasteiger partial charge in [0.1, 0.15) is 96.5 Å². The van der Waals surface area contributed by atoms with E-state index in [2.05, 4.69) is 50.2 Å². The summed E-state index contributed by atoms with van der Waals surface area (Å²) in [6, 6.07) is 25.9. The number of nitrogens with zero attached hydrogens (tertiary/aromatic N) is 12. The smallest absolute Gasteiger partial charge is 0.225 e. The molecule has 9 heterocycles. The number of aliphatic hydroxyl groups is 6. The maximum atomic E-state index is 10.3. The van der Waals surface area contributed by atoms with Crippen LogP contribution >= 0.6 is 0 Å². The molecule has 0 bridgehead atoms. The first-order chi connectivity index (χ1) is 33.7. The molecule has 10 rings (SSSR count). The van der Waals surface area contributed by atoms with Crippen molar-refractivity contribution in [1.29, 1.82) is 15.8 Å². The minimum Gasteiger partial charge on any atom is -0.394 e. The number of hydrogen-bond acceptors (Lipinski definition) is 22. The normalized spacial score (nSPS) is 30.3. The number of nitrogen functional groups attached to an aromatic ring is 3. The molecule has 3 aliphatic rings. The van der Waals surface area contributed by atoms with Crippen LogP contribution in [0.5, 0.6) is 0 Å². The van der Waals surface area contributed by atoms with E-state index < -0.39 is 72.7 Å². The molecule has 364 valence electrons. The quantitative estimate of drug-likeness (QED) is 0.0867. The molecule has 0 spiro atoms. The number of hydrogen-bond donors (Lipinski definition) is 9. The highest BCUT2D eigenvalue weighted by atomic mass is 16.6. The van der Waals surface area contributed by atoms with Crippen LogP contribution in [0.4, 0.5) is 17.5 Å². The van der Waals surface area contributed by atoms with Crippen molar-refractivity contribution in [3.05, 3.63) is 108 Å². The summed E-state index contributed by atoms with van der Waals surface area (Å²) >= 11 is 0. The predicted octanol–water partition coefficient (Wildman–Crippen LogP) is -0.653. The highest BCUT2D eigenvalue weighted by Gasteiger charge is 2.59. The second kappa shape index (κ2) is 19.5. The monoisotopic (exact) mass is 959 g/mol. The van der Waals surface area contributed by atoms with Gasteiger partial charge in [-0.25, -0.2) is 28.5 Å². The van der Waals surface area contributed by atoms with Crippen LogP contribution in [0.2, 0.25) is 0 Å². The Hall–Kier alpha value is -7.45. The van der Waals surface area contributed by atoms with Crippen molar-refractivity contribution >= 4 is 34.0 Å². The number of benzene rings is 1. The maximum absolute atomic E-state index is 10.3. The summed E-state index contributed by atoms with van der Waals surface area (Å²) in [7, 11) is 0. The second-order valence-corrected chi connectivity index (χ2v) is 16.7. The van der Waals surface area contributed by atoms with E-state index in [1.165, 1.54) is 40.1 Å². The van der Waals surface area contributed by atoms with Gasteiger partial charge in [-0.1, -0.05) is 44.2 Å². The molecular weight excluding hydrogens is 911 g/mol. The van der Waals surface area contributed by atoms with E-state index in [-0.39, 0.29) is 35.0 Å². The topological polar surface area (TPSA) is 398 Å². The summed E-state index contributed by atoms with van der Waals surface area (Å²) in [4.78, 5) is 11.7. The molecule has 25 nitrogen and oxygen atoms in total. The summed E-state index contributed by atoms with van der Waals surface area (Å²) in [6.07, 6.45) is -3.93. The standard InChI is InChI=1S/C21H23N5O2.2C12H13N5O4/c1-3-17-14(2)19(27-11-15-7-5-4-6-8-15)21(12-22,28-17)18-10-9-16-20(23)24-13-25-26(16)18;2*13-4-12(10(20)9(19)7(3-18)21-12)8-2-1-6-11(14)15-5-16-17(6)8/h4-10,13-14,17,19H,3,11H2,1-2H3,(H2,23,24,25);2*1-2,5,7,9-10,18-20H,3H2,(H2,14,15,16)/t14-,17-,19-,21?;2*7-,9-,10-,12+/m111/s1. The fraction of sp³-hybridized carbons (Fsp3) is 0.400. The van der Waals surface area contributed by atoms with Crippen molar-refractivity contribution in [3.63, 3.8) is 0 Å². The molecule has 3 aliphatic heterocycles. The van der Waals surface area contributed by atoms with Gasteiger partial charge in [0.15, 0.2) is 17.5 Å². The van der Waals surface area contributed by atoms with Crippen molar-refractivity contribution in [2.45, 2.75) is 92.5 Å². The Bertz CT molecular complexity index is 2990. The van der Waals surface area contributed by atoms with Gasteiger partial charge in [0.25, 0.3) is 0 Å². The summed E-state index contributed by atoms with van der Waals surface area (Å²) in [5.74, 6) is 0.805. The zero-order valence-corrected chi connectivity index (χ0v) is 37.5. The van der Waals surface area contributed by atoms with Crippen LogP contribution in [0.3, 0.4) is 0 Å². The van der Waals surface area contributed by atoms with Crippen LogP contribution in [0.25, 0.3) is 16.6 Å².